The first-order valence-electron chi connectivity index (χ1n) is 16.7. The molecule has 0 aliphatic heterocycles. The molecule has 2 unspecified atom stereocenters. The minimum absolute atomic E-state index is 0.111. The largest absolute Gasteiger partial charge is 0.447 e. The first-order valence-corrected chi connectivity index (χ1v) is 16.7. The highest BCUT2D eigenvalue weighted by atomic mass is 16.6. The van der Waals surface area contributed by atoms with Crippen molar-refractivity contribution in [2.45, 2.75) is 104 Å². The van der Waals surface area contributed by atoms with Crippen molar-refractivity contribution in [1.29, 1.82) is 0 Å². The number of anilines is 1. The Morgan fingerprint density at radius 1 is 0.889 bits per heavy atom. The minimum atomic E-state index is -1.26. The van der Waals surface area contributed by atoms with Crippen molar-refractivity contribution >= 4 is 34.5 Å². The number of ether oxygens (including phenoxy) is 1. The molecule has 9 nitrogen and oxygen atoms in total. The quantitative estimate of drug-likeness (QED) is 0.0908. The van der Waals surface area contributed by atoms with Gasteiger partial charge in [-0.15, -0.1) is 0 Å². The Kier molecular flexibility index (Phi) is 14.9. The first-order chi connectivity index (χ1) is 21.8. The highest BCUT2D eigenvalue weighted by Crippen LogP contribution is 2.24. The van der Waals surface area contributed by atoms with Crippen molar-refractivity contribution in [1.82, 2.24) is 20.9 Å². The fourth-order valence-electron chi connectivity index (χ4n) is 5.49. The Labute approximate surface area is 268 Å². The minimum Gasteiger partial charge on any atom is -0.447 e. The molecule has 3 amide bonds. The Hall–Kier alpha value is -3.85. The number of aromatic amines is 1. The highest BCUT2D eigenvalue weighted by Gasteiger charge is 2.36. The van der Waals surface area contributed by atoms with Gasteiger partial charge in [0.25, 0.3) is 0 Å². The van der Waals surface area contributed by atoms with Crippen LogP contribution in [0.3, 0.4) is 0 Å². The Morgan fingerprint density at radius 2 is 1.62 bits per heavy atom. The van der Waals surface area contributed by atoms with Crippen molar-refractivity contribution < 1.29 is 19.1 Å². The number of para-hydroxylation sites is 2. The number of carbonyl (C=O) groups excluding carboxylic acids is 3. The summed E-state index contributed by atoms with van der Waals surface area (Å²) in [4.78, 5) is 42.5. The maximum atomic E-state index is 13.8. The van der Waals surface area contributed by atoms with Gasteiger partial charge in [0.2, 0.25) is 11.8 Å². The number of unbranched alkanes of at least 4 members (excludes halogenated alkanes) is 5. The van der Waals surface area contributed by atoms with Gasteiger partial charge < -0.3 is 31.0 Å². The number of alkyl carbamates (subject to hydrolysis) is 1. The number of amides is 3. The van der Waals surface area contributed by atoms with Gasteiger partial charge in [0.1, 0.15) is 11.6 Å². The summed E-state index contributed by atoms with van der Waals surface area (Å²) in [5, 5.41) is 13.0. The van der Waals surface area contributed by atoms with Crippen LogP contribution in [0.5, 0.6) is 0 Å². The Bertz CT molecular complexity index is 1360. The van der Waals surface area contributed by atoms with Crippen LogP contribution in [0.25, 0.3) is 10.9 Å². The zero-order valence-electron chi connectivity index (χ0n) is 27.6. The van der Waals surface area contributed by atoms with Gasteiger partial charge in [-0.1, -0.05) is 82.3 Å². The third-order valence-electron chi connectivity index (χ3n) is 8.05. The summed E-state index contributed by atoms with van der Waals surface area (Å²) in [7, 11) is 0. The normalized spacial score (nSPS) is 13.2. The third-order valence-corrected chi connectivity index (χ3v) is 8.05. The second-order valence-corrected chi connectivity index (χ2v) is 12.2. The zero-order valence-corrected chi connectivity index (χ0v) is 27.6. The number of H-pyrrole nitrogens is 1. The van der Waals surface area contributed by atoms with Crippen LogP contribution in [0.1, 0.15) is 90.2 Å². The van der Waals surface area contributed by atoms with Crippen LogP contribution in [0, 0.1) is 0 Å². The van der Waals surface area contributed by atoms with E-state index in [1.807, 2.05) is 61.7 Å². The molecule has 5 N–H and O–H groups in total. The average Bonchev–Trinajstić information content (AvgIpc) is 3.42. The predicted molar refractivity (Wildman–Crippen MR) is 182 cm³/mol. The molecule has 0 bridgehead atoms. The van der Waals surface area contributed by atoms with E-state index >= 15 is 0 Å². The summed E-state index contributed by atoms with van der Waals surface area (Å²) >= 11 is 0. The molecule has 3 rings (SSSR count). The summed E-state index contributed by atoms with van der Waals surface area (Å²) in [5.41, 5.74) is 2.26. The van der Waals surface area contributed by atoms with Gasteiger partial charge in [-0.05, 0) is 69.3 Å². The molecule has 0 aliphatic rings. The van der Waals surface area contributed by atoms with Gasteiger partial charge in [0.05, 0.1) is 6.54 Å². The maximum Gasteiger partial charge on any atom is 0.408 e. The van der Waals surface area contributed by atoms with Gasteiger partial charge >= 0.3 is 6.09 Å². The van der Waals surface area contributed by atoms with E-state index in [4.69, 9.17) is 4.74 Å². The monoisotopic (exact) mass is 619 g/mol. The fourth-order valence-corrected chi connectivity index (χ4v) is 5.49. The van der Waals surface area contributed by atoms with Crippen LogP contribution in [0.15, 0.2) is 54.7 Å². The molecule has 2 atom stereocenters. The average molecular weight is 620 g/mol. The van der Waals surface area contributed by atoms with Crippen molar-refractivity contribution in [2.75, 3.05) is 25.0 Å². The standard InChI is InChI=1S/C36H53N5O4/c1-5-7-8-9-10-11-16-27(3)45-35(44)41-36(4,24-29-25-39-32-20-15-13-18-30(29)32)34(43)38-23-21-28-17-12-14-19-31(28)40-33(42)26-37-22-6-2/h12-15,17-20,25,27,37,39H,5-11,16,21-24,26H2,1-4H3,(H,38,43)(H,40,42)(H,41,44). The van der Waals surface area contributed by atoms with Gasteiger partial charge in [-0.2, -0.15) is 0 Å². The Balaban J connectivity index is 1.64. The van der Waals surface area contributed by atoms with E-state index in [0.717, 1.165) is 59.9 Å². The van der Waals surface area contributed by atoms with Gasteiger partial charge in [-0.3, -0.25) is 9.59 Å². The number of carbonyl (C=O) groups is 3. The molecule has 2 aromatic carbocycles. The van der Waals surface area contributed by atoms with Crippen LogP contribution in [-0.2, 0) is 27.2 Å². The van der Waals surface area contributed by atoms with Crippen LogP contribution < -0.4 is 21.3 Å². The molecule has 0 saturated carbocycles. The van der Waals surface area contributed by atoms with Crippen molar-refractivity contribution in [3.8, 4) is 0 Å². The maximum absolute atomic E-state index is 13.8. The highest BCUT2D eigenvalue weighted by molar-refractivity contribution is 5.93. The molecule has 0 spiro atoms. The van der Waals surface area contributed by atoms with E-state index in [1.54, 1.807) is 6.92 Å². The van der Waals surface area contributed by atoms with E-state index in [-0.39, 0.29) is 30.9 Å². The zero-order chi connectivity index (χ0) is 32.5. The second kappa shape index (κ2) is 18.8. The summed E-state index contributed by atoms with van der Waals surface area (Å²) in [5.74, 6) is -0.418. The van der Waals surface area contributed by atoms with Crippen LogP contribution in [0.2, 0.25) is 0 Å². The number of hydrogen-bond donors (Lipinski definition) is 5. The molecule has 1 aromatic heterocycles. The van der Waals surface area contributed by atoms with E-state index in [9.17, 15) is 14.4 Å². The van der Waals surface area contributed by atoms with Crippen molar-refractivity contribution in [2.24, 2.45) is 0 Å². The number of benzene rings is 2. The molecule has 1 heterocycles. The van der Waals surface area contributed by atoms with E-state index in [2.05, 4.69) is 40.1 Å². The fraction of sp³-hybridized carbons (Fsp3) is 0.528. The summed E-state index contributed by atoms with van der Waals surface area (Å²) < 4.78 is 5.71. The smallest absolute Gasteiger partial charge is 0.408 e. The molecule has 0 radical (unpaired) electrons. The lowest BCUT2D eigenvalue weighted by Crippen LogP contribution is -2.58. The number of rotatable bonds is 20. The van der Waals surface area contributed by atoms with Gasteiger partial charge in [0.15, 0.2) is 0 Å². The molecule has 0 fully saturated rings. The first kappa shape index (κ1) is 35.6. The topological polar surface area (TPSA) is 124 Å². The molecule has 0 aliphatic carbocycles. The summed E-state index contributed by atoms with van der Waals surface area (Å²) in [6, 6.07) is 15.5. The van der Waals surface area contributed by atoms with Gasteiger partial charge in [-0.25, -0.2) is 4.79 Å². The molecular weight excluding hydrogens is 566 g/mol. The SMILES string of the molecule is CCCCCCCCC(C)OC(=O)NC(C)(Cc1c[nH]c2ccccc12)C(=O)NCCc1ccccc1NC(=O)CNCCC. The van der Waals surface area contributed by atoms with E-state index in [0.29, 0.717) is 13.0 Å². The van der Waals surface area contributed by atoms with Gasteiger partial charge in [0, 0.05) is 35.8 Å². The number of nitrogens with one attached hydrogen (secondary N) is 5. The molecule has 45 heavy (non-hydrogen) atoms. The molecule has 9 heteroatoms. The van der Waals surface area contributed by atoms with E-state index < -0.39 is 11.6 Å². The van der Waals surface area contributed by atoms with E-state index in [1.165, 1.54) is 25.7 Å². The van der Waals surface area contributed by atoms with Crippen LogP contribution in [-0.4, -0.2) is 54.2 Å². The lowest BCUT2D eigenvalue weighted by molar-refractivity contribution is -0.127. The molecule has 0 saturated heterocycles. The number of aromatic nitrogens is 1. The van der Waals surface area contributed by atoms with Crippen molar-refractivity contribution in [3.05, 3.63) is 65.9 Å². The number of fused-ring (bicyclic) bond motifs is 1. The third kappa shape index (κ3) is 11.9. The number of hydrogen-bond acceptors (Lipinski definition) is 5. The molecule has 3 aromatic rings. The summed E-state index contributed by atoms with van der Waals surface area (Å²) in [6.45, 7) is 9.24. The van der Waals surface area contributed by atoms with Crippen LogP contribution in [0.4, 0.5) is 10.5 Å². The predicted octanol–water partition coefficient (Wildman–Crippen LogP) is 6.63. The summed E-state index contributed by atoms with van der Waals surface area (Å²) in [6.07, 6.45) is 10.6. The Morgan fingerprint density at radius 3 is 2.42 bits per heavy atom. The lowest BCUT2D eigenvalue weighted by Gasteiger charge is -2.30. The molecule has 246 valence electrons. The van der Waals surface area contributed by atoms with Crippen molar-refractivity contribution in [3.63, 3.8) is 0 Å². The van der Waals surface area contributed by atoms with Crippen LogP contribution >= 0.6 is 0 Å². The molecular formula is C36H53N5O4. The second-order valence-electron chi connectivity index (χ2n) is 12.2. The lowest BCUT2D eigenvalue weighted by atomic mass is 9.91.